The Bertz CT molecular complexity index is 1110. The number of anilines is 1. The summed E-state index contributed by atoms with van der Waals surface area (Å²) in [5.41, 5.74) is 2.97. The molecule has 3 aromatic rings. The molecule has 3 N–H and O–H groups in total. The first-order valence-electron chi connectivity index (χ1n) is 11.2. The molecule has 2 heterocycles. The quantitative estimate of drug-likeness (QED) is 0.484. The Kier molecular flexibility index (Phi) is 7.04. The van der Waals surface area contributed by atoms with E-state index in [4.69, 9.17) is 0 Å². The molecule has 1 fully saturated rings. The number of phenolic OH excluding ortho intramolecular Hbond substituents is 1. The van der Waals surface area contributed by atoms with Gasteiger partial charge in [0, 0.05) is 31.7 Å². The smallest absolute Gasteiger partial charge is 0.314 e. The van der Waals surface area contributed by atoms with Crippen molar-refractivity contribution in [3.63, 3.8) is 0 Å². The molecule has 33 heavy (non-hydrogen) atoms. The number of phenols is 1. The molecule has 1 unspecified atom stereocenters. The van der Waals surface area contributed by atoms with Crippen molar-refractivity contribution in [3.05, 3.63) is 77.5 Å². The van der Waals surface area contributed by atoms with E-state index in [1.165, 1.54) is 5.56 Å². The molecule has 1 saturated heterocycles. The lowest BCUT2D eigenvalue weighted by molar-refractivity contribution is -0.136. The van der Waals surface area contributed by atoms with Gasteiger partial charge in [0.2, 0.25) is 0 Å². The Balaban J connectivity index is 1.32. The predicted molar refractivity (Wildman–Crippen MR) is 126 cm³/mol. The summed E-state index contributed by atoms with van der Waals surface area (Å²) in [6.45, 7) is 4.82. The van der Waals surface area contributed by atoms with Gasteiger partial charge >= 0.3 is 11.8 Å². The van der Waals surface area contributed by atoms with E-state index in [-0.39, 0.29) is 11.8 Å². The predicted octanol–water partition coefficient (Wildman–Crippen LogP) is 2.64. The van der Waals surface area contributed by atoms with Crippen LogP contribution in [-0.2, 0) is 22.6 Å². The van der Waals surface area contributed by atoms with E-state index in [1.54, 1.807) is 24.4 Å². The number of carbonyl (C=O) groups excluding carboxylic acids is 2. The third kappa shape index (κ3) is 5.78. The summed E-state index contributed by atoms with van der Waals surface area (Å²) in [6, 6.07) is 17.3. The molecular weight excluding hydrogens is 418 g/mol. The van der Waals surface area contributed by atoms with Gasteiger partial charge < -0.3 is 15.7 Å². The molecule has 8 heteroatoms. The van der Waals surface area contributed by atoms with E-state index in [0.29, 0.717) is 18.8 Å². The van der Waals surface area contributed by atoms with Crippen molar-refractivity contribution in [2.24, 2.45) is 0 Å². The summed E-state index contributed by atoms with van der Waals surface area (Å²) in [4.78, 5) is 27.2. The van der Waals surface area contributed by atoms with Gasteiger partial charge in [-0.05, 0) is 43.0 Å². The monoisotopic (exact) mass is 447 g/mol. The van der Waals surface area contributed by atoms with Crippen molar-refractivity contribution >= 4 is 17.6 Å². The second-order valence-corrected chi connectivity index (χ2v) is 8.41. The average molecular weight is 448 g/mol. The van der Waals surface area contributed by atoms with E-state index in [0.717, 1.165) is 37.2 Å². The molecule has 0 saturated carbocycles. The van der Waals surface area contributed by atoms with Crippen molar-refractivity contribution in [1.29, 1.82) is 0 Å². The number of rotatable bonds is 7. The topological polar surface area (TPSA) is 99.5 Å². The number of hydrogen-bond acceptors (Lipinski definition) is 5. The molecule has 0 aliphatic carbocycles. The number of aryl methyl sites for hydroxylation is 1. The van der Waals surface area contributed by atoms with Crippen LogP contribution in [0.15, 0.2) is 60.8 Å². The fraction of sp³-hybridized carbons (Fsp3) is 0.320. The molecule has 0 radical (unpaired) electrons. The van der Waals surface area contributed by atoms with Crippen LogP contribution < -0.4 is 10.6 Å². The Hall–Kier alpha value is -3.65. The number of likely N-dealkylation sites (tertiary alicyclic amines) is 1. The molecule has 1 aromatic heterocycles. The lowest BCUT2D eigenvalue weighted by Gasteiger charge is -2.18. The number of aromatic hydroxyl groups is 1. The maximum Gasteiger partial charge on any atom is 0.314 e. The number of nitrogens with zero attached hydrogens (tertiary/aromatic N) is 3. The molecule has 172 valence electrons. The van der Waals surface area contributed by atoms with Gasteiger partial charge in [-0.3, -0.25) is 14.5 Å². The maximum atomic E-state index is 12.5. The zero-order valence-corrected chi connectivity index (χ0v) is 18.7. The van der Waals surface area contributed by atoms with Gasteiger partial charge in [-0.1, -0.05) is 42.5 Å². The molecule has 8 nitrogen and oxygen atoms in total. The highest BCUT2D eigenvalue weighted by Gasteiger charge is 2.28. The summed E-state index contributed by atoms with van der Waals surface area (Å²) in [6.07, 6.45) is 3.16. The highest BCUT2D eigenvalue weighted by molar-refractivity contribution is 6.39. The van der Waals surface area contributed by atoms with Gasteiger partial charge in [0.1, 0.15) is 11.6 Å². The van der Waals surface area contributed by atoms with Crippen LogP contribution in [0.3, 0.4) is 0 Å². The number of nitrogens with one attached hydrogen (secondary N) is 2. The number of benzene rings is 2. The highest BCUT2D eigenvalue weighted by atomic mass is 16.3. The zero-order valence-electron chi connectivity index (χ0n) is 18.7. The van der Waals surface area contributed by atoms with Gasteiger partial charge in [-0.25, -0.2) is 4.68 Å². The van der Waals surface area contributed by atoms with Crippen molar-refractivity contribution < 1.29 is 14.7 Å². The molecule has 1 aliphatic heterocycles. The van der Waals surface area contributed by atoms with Crippen molar-refractivity contribution in [2.45, 2.75) is 32.4 Å². The molecule has 2 aromatic carbocycles. The first kappa shape index (κ1) is 22.5. The first-order chi connectivity index (χ1) is 16.0. The van der Waals surface area contributed by atoms with Crippen LogP contribution in [0.1, 0.15) is 29.2 Å². The van der Waals surface area contributed by atoms with Crippen LogP contribution in [0.25, 0.3) is 0 Å². The van der Waals surface area contributed by atoms with Gasteiger partial charge in [0.15, 0.2) is 0 Å². The van der Waals surface area contributed by atoms with Gasteiger partial charge in [-0.2, -0.15) is 5.10 Å². The highest BCUT2D eigenvalue weighted by Crippen LogP contribution is 2.27. The molecule has 1 atom stereocenters. The minimum atomic E-state index is -0.713. The number of hydrogen-bond donors (Lipinski definition) is 3. The minimum absolute atomic E-state index is 0.131. The standard InChI is InChI=1S/C25H29N5O3/c1-18-15-27-30(21-11-13-29(17-21)16-20-6-3-2-4-7-20)23(18)28-25(33)24(32)26-12-10-19-8-5-9-22(31)14-19/h2-9,14-15,21,31H,10-13,16-17H2,1H3,(H,26,32)(H,28,33). The van der Waals surface area contributed by atoms with Crippen LogP contribution in [0.2, 0.25) is 0 Å². The largest absolute Gasteiger partial charge is 0.508 e. The minimum Gasteiger partial charge on any atom is -0.508 e. The zero-order chi connectivity index (χ0) is 23.2. The Labute approximate surface area is 193 Å². The van der Waals surface area contributed by atoms with Crippen LogP contribution in [0, 0.1) is 6.92 Å². The normalized spacial score (nSPS) is 16.0. The summed E-state index contributed by atoms with van der Waals surface area (Å²) in [5.74, 6) is -0.668. The second-order valence-electron chi connectivity index (χ2n) is 8.41. The SMILES string of the molecule is Cc1cnn(C2CCN(Cc3ccccc3)C2)c1NC(=O)C(=O)NCCc1cccc(O)c1. The van der Waals surface area contributed by atoms with Gasteiger partial charge in [-0.15, -0.1) is 0 Å². The Morgan fingerprint density at radius 2 is 1.88 bits per heavy atom. The molecule has 4 rings (SSSR count). The van der Waals surface area contributed by atoms with Gasteiger partial charge in [0.05, 0.1) is 12.2 Å². The number of aromatic nitrogens is 2. The number of amides is 2. The summed E-state index contributed by atoms with van der Waals surface area (Å²) < 4.78 is 1.83. The third-order valence-electron chi connectivity index (χ3n) is 5.87. The third-order valence-corrected chi connectivity index (χ3v) is 5.87. The van der Waals surface area contributed by atoms with Crippen LogP contribution in [0.4, 0.5) is 5.82 Å². The van der Waals surface area contributed by atoms with E-state index >= 15 is 0 Å². The fourth-order valence-corrected chi connectivity index (χ4v) is 4.16. The maximum absolute atomic E-state index is 12.5. The van der Waals surface area contributed by atoms with E-state index in [1.807, 2.05) is 35.9 Å². The molecule has 0 spiro atoms. The summed E-state index contributed by atoms with van der Waals surface area (Å²) in [7, 11) is 0. The average Bonchev–Trinajstić information content (AvgIpc) is 3.41. The Morgan fingerprint density at radius 1 is 1.09 bits per heavy atom. The lowest BCUT2D eigenvalue weighted by Crippen LogP contribution is -2.37. The molecule has 1 aliphatic rings. The van der Waals surface area contributed by atoms with Crippen LogP contribution in [-0.4, -0.2) is 51.2 Å². The summed E-state index contributed by atoms with van der Waals surface area (Å²) >= 11 is 0. The van der Waals surface area contributed by atoms with Crippen molar-refractivity contribution in [2.75, 3.05) is 25.0 Å². The van der Waals surface area contributed by atoms with Gasteiger partial charge in [0.25, 0.3) is 0 Å². The number of carbonyl (C=O) groups is 2. The van der Waals surface area contributed by atoms with Crippen LogP contribution >= 0.6 is 0 Å². The molecular formula is C25H29N5O3. The summed E-state index contributed by atoms with van der Waals surface area (Å²) in [5, 5.41) is 19.4. The lowest BCUT2D eigenvalue weighted by atomic mass is 10.1. The Morgan fingerprint density at radius 3 is 2.67 bits per heavy atom. The second kappa shape index (κ2) is 10.3. The fourth-order valence-electron chi connectivity index (χ4n) is 4.16. The molecule has 2 amide bonds. The van der Waals surface area contributed by atoms with E-state index < -0.39 is 11.8 Å². The van der Waals surface area contributed by atoms with Crippen molar-refractivity contribution in [1.82, 2.24) is 20.0 Å². The first-order valence-corrected chi connectivity index (χ1v) is 11.2. The van der Waals surface area contributed by atoms with E-state index in [2.05, 4.69) is 32.8 Å². The molecule has 0 bridgehead atoms. The van der Waals surface area contributed by atoms with Crippen LogP contribution in [0.5, 0.6) is 5.75 Å². The van der Waals surface area contributed by atoms with Crippen molar-refractivity contribution in [3.8, 4) is 5.75 Å². The van der Waals surface area contributed by atoms with E-state index in [9.17, 15) is 14.7 Å².